The molecule has 0 aliphatic heterocycles. The van der Waals surface area contributed by atoms with Gasteiger partial charge in [0.1, 0.15) is 11.4 Å². The molecule has 0 spiro atoms. The van der Waals surface area contributed by atoms with E-state index in [0.717, 1.165) is 42.9 Å². The first-order chi connectivity index (χ1) is 10.9. The second-order valence-electron chi connectivity index (χ2n) is 5.75. The molecule has 2 aromatic carbocycles. The van der Waals surface area contributed by atoms with Gasteiger partial charge in [-0.25, -0.2) is 9.68 Å². The molecule has 0 unspecified atom stereocenters. The lowest BCUT2D eigenvalue weighted by atomic mass is 10.3. The molecule has 2 aliphatic rings. The van der Waals surface area contributed by atoms with Crippen LogP contribution in [0.1, 0.15) is 25.7 Å². The molecule has 114 valence electrons. The molecule has 4 rings (SSSR count). The molecule has 2 saturated carbocycles. The van der Waals surface area contributed by atoms with Gasteiger partial charge in [-0.3, -0.25) is 0 Å². The van der Waals surface area contributed by atoms with Crippen LogP contribution in [-0.2, 0) is 9.68 Å². The molecule has 0 amide bonds. The average molecular weight is 297 g/mol. The van der Waals surface area contributed by atoms with Crippen LogP contribution in [0, 0.1) is 0 Å². The van der Waals surface area contributed by atoms with Gasteiger partial charge in [-0.1, -0.05) is 30.3 Å². The largest absolute Gasteiger partial charge is 0.455 e. The van der Waals surface area contributed by atoms with Crippen molar-refractivity contribution >= 4 is 5.69 Å². The van der Waals surface area contributed by atoms with Gasteiger partial charge in [0.05, 0.1) is 12.2 Å². The molecule has 2 fully saturated rings. The second kappa shape index (κ2) is 5.99. The van der Waals surface area contributed by atoms with E-state index in [4.69, 9.17) is 14.4 Å². The van der Waals surface area contributed by atoms with Gasteiger partial charge in [-0.15, -0.1) is 5.23 Å². The number of ether oxygens (including phenoxy) is 1. The number of anilines is 1. The topological polar surface area (TPSA) is 30.9 Å². The summed E-state index contributed by atoms with van der Waals surface area (Å²) < 4.78 is 5.99. The zero-order chi connectivity index (χ0) is 14.8. The number of benzene rings is 2. The highest BCUT2D eigenvalue weighted by Crippen LogP contribution is 2.37. The third-order valence-electron chi connectivity index (χ3n) is 3.57. The minimum Gasteiger partial charge on any atom is -0.455 e. The Balaban J connectivity index is 1.58. The van der Waals surface area contributed by atoms with Gasteiger partial charge in [-0.05, 0) is 49.9 Å². The number of para-hydroxylation sites is 3. The monoisotopic (exact) mass is 297 g/mol. The SMILES string of the molecule is c1ccc(Oc2ccccc2N(OC2CC2)OC2CC2)cc1. The van der Waals surface area contributed by atoms with Crippen LogP contribution in [0.25, 0.3) is 0 Å². The van der Waals surface area contributed by atoms with Crippen molar-refractivity contribution in [3.8, 4) is 11.5 Å². The van der Waals surface area contributed by atoms with Crippen LogP contribution in [0.15, 0.2) is 54.6 Å². The minimum atomic E-state index is 0.267. The van der Waals surface area contributed by atoms with Gasteiger partial charge >= 0.3 is 0 Å². The molecule has 0 atom stereocenters. The van der Waals surface area contributed by atoms with E-state index >= 15 is 0 Å². The van der Waals surface area contributed by atoms with Gasteiger partial charge in [0.15, 0.2) is 5.75 Å². The summed E-state index contributed by atoms with van der Waals surface area (Å²) in [7, 11) is 0. The molecule has 2 aromatic rings. The lowest BCUT2D eigenvalue weighted by molar-refractivity contribution is -0.105. The fourth-order valence-electron chi connectivity index (χ4n) is 2.07. The summed E-state index contributed by atoms with van der Waals surface area (Å²) in [5, 5.41) is 1.56. The maximum atomic E-state index is 5.99. The summed E-state index contributed by atoms with van der Waals surface area (Å²) in [6, 6.07) is 17.6. The van der Waals surface area contributed by atoms with E-state index in [9.17, 15) is 0 Å². The molecular weight excluding hydrogens is 278 g/mol. The molecule has 22 heavy (non-hydrogen) atoms. The maximum Gasteiger partial charge on any atom is 0.155 e. The first-order valence-corrected chi connectivity index (χ1v) is 7.84. The van der Waals surface area contributed by atoms with Gasteiger partial charge < -0.3 is 4.74 Å². The highest BCUT2D eigenvalue weighted by molar-refractivity contribution is 5.56. The Morgan fingerprint density at radius 1 is 0.727 bits per heavy atom. The summed E-state index contributed by atoms with van der Waals surface area (Å²) in [4.78, 5) is 11.8. The van der Waals surface area contributed by atoms with Crippen molar-refractivity contribution in [2.75, 3.05) is 5.23 Å². The van der Waals surface area contributed by atoms with Crippen LogP contribution in [-0.4, -0.2) is 12.2 Å². The normalized spacial score (nSPS) is 17.3. The Kier molecular flexibility index (Phi) is 3.70. The van der Waals surface area contributed by atoms with E-state index in [1.165, 1.54) is 0 Å². The Labute approximate surface area is 130 Å². The van der Waals surface area contributed by atoms with E-state index in [0.29, 0.717) is 0 Å². The quantitative estimate of drug-likeness (QED) is 0.705. The van der Waals surface area contributed by atoms with E-state index in [-0.39, 0.29) is 12.2 Å². The molecule has 0 heterocycles. The van der Waals surface area contributed by atoms with E-state index in [1.54, 1.807) is 5.23 Å². The average Bonchev–Trinajstić information content (AvgIpc) is 3.44. The maximum absolute atomic E-state index is 5.99. The standard InChI is InChI=1S/C18H19NO3/c1-2-6-14(7-3-1)20-18-9-5-4-8-17(18)19(21-15-10-11-15)22-16-12-13-16/h1-9,15-16H,10-13H2. The molecule has 2 aliphatic carbocycles. The lowest BCUT2D eigenvalue weighted by Crippen LogP contribution is -2.26. The fraction of sp³-hybridized carbons (Fsp3) is 0.333. The molecule has 0 N–H and O–H groups in total. The fourth-order valence-corrected chi connectivity index (χ4v) is 2.07. The van der Waals surface area contributed by atoms with Crippen molar-refractivity contribution in [2.45, 2.75) is 37.9 Å². The van der Waals surface area contributed by atoms with E-state index in [1.807, 2.05) is 54.6 Å². The summed E-state index contributed by atoms with van der Waals surface area (Å²) in [5.74, 6) is 1.53. The molecule has 0 radical (unpaired) electrons. The van der Waals surface area contributed by atoms with Crippen LogP contribution in [0.3, 0.4) is 0 Å². The van der Waals surface area contributed by atoms with Crippen LogP contribution >= 0.6 is 0 Å². The first-order valence-electron chi connectivity index (χ1n) is 7.84. The molecular formula is C18H19NO3. The summed E-state index contributed by atoms with van der Waals surface area (Å²) in [6.07, 6.45) is 4.89. The number of nitrogens with zero attached hydrogens (tertiary/aromatic N) is 1. The van der Waals surface area contributed by atoms with Crippen molar-refractivity contribution in [3.63, 3.8) is 0 Å². The molecule has 0 aromatic heterocycles. The van der Waals surface area contributed by atoms with E-state index in [2.05, 4.69) is 0 Å². The minimum absolute atomic E-state index is 0.267. The lowest BCUT2D eigenvalue weighted by Gasteiger charge is -2.24. The van der Waals surface area contributed by atoms with E-state index < -0.39 is 0 Å². The number of rotatable bonds is 7. The van der Waals surface area contributed by atoms with Gasteiger partial charge in [-0.2, -0.15) is 0 Å². The first kappa shape index (κ1) is 13.6. The highest BCUT2D eigenvalue weighted by atomic mass is 17.0. The number of hydrogen-bond acceptors (Lipinski definition) is 4. The summed E-state index contributed by atoms with van der Waals surface area (Å²) in [6.45, 7) is 0. The van der Waals surface area contributed by atoms with Crippen LogP contribution in [0.2, 0.25) is 0 Å². The van der Waals surface area contributed by atoms with Gasteiger partial charge in [0.2, 0.25) is 0 Å². The third-order valence-corrected chi connectivity index (χ3v) is 3.57. The smallest absolute Gasteiger partial charge is 0.155 e. The highest BCUT2D eigenvalue weighted by Gasteiger charge is 2.32. The van der Waals surface area contributed by atoms with Gasteiger partial charge in [0, 0.05) is 0 Å². The Hall–Kier alpha value is -2.04. The van der Waals surface area contributed by atoms with Crippen molar-refractivity contribution in [2.24, 2.45) is 0 Å². The van der Waals surface area contributed by atoms with Crippen LogP contribution in [0.5, 0.6) is 11.5 Å². The van der Waals surface area contributed by atoms with Crippen LogP contribution < -0.4 is 9.96 Å². The molecule has 4 heteroatoms. The zero-order valence-corrected chi connectivity index (χ0v) is 12.4. The Morgan fingerprint density at radius 2 is 1.32 bits per heavy atom. The molecule has 4 nitrogen and oxygen atoms in total. The van der Waals surface area contributed by atoms with Crippen molar-refractivity contribution in [1.29, 1.82) is 0 Å². The predicted octanol–water partition coefficient (Wildman–Crippen LogP) is 4.47. The van der Waals surface area contributed by atoms with Crippen molar-refractivity contribution < 1.29 is 14.4 Å². The molecule has 0 saturated heterocycles. The Morgan fingerprint density at radius 3 is 1.95 bits per heavy atom. The van der Waals surface area contributed by atoms with Crippen LogP contribution in [0.4, 0.5) is 5.69 Å². The predicted molar refractivity (Wildman–Crippen MR) is 83.7 cm³/mol. The van der Waals surface area contributed by atoms with Gasteiger partial charge in [0.25, 0.3) is 0 Å². The zero-order valence-electron chi connectivity index (χ0n) is 12.4. The third kappa shape index (κ3) is 3.40. The second-order valence-corrected chi connectivity index (χ2v) is 5.75. The summed E-state index contributed by atoms with van der Waals surface area (Å²) in [5.41, 5.74) is 0.810. The van der Waals surface area contributed by atoms with Crippen molar-refractivity contribution in [3.05, 3.63) is 54.6 Å². The van der Waals surface area contributed by atoms with Crippen molar-refractivity contribution in [1.82, 2.24) is 0 Å². The Bertz CT molecular complexity index is 609. The number of hydrogen-bond donors (Lipinski definition) is 0. The molecule has 0 bridgehead atoms. The summed E-state index contributed by atoms with van der Waals surface area (Å²) >= 11 is 0.